The number of rotatable bonds is 1. The molecule has 0 bridgehead atoms. The van der Waals surface area contributed by atoms with Crippen LogP contribution in [-0.4, -0.2) is 27.0 Å². The van der Waals surface area contributed by atoms with Crippen molar-refractivity contribution in [1.29, 1.82) is 0 Å². The van der Waals surface area contributed by atoms with Gasteiger partial charge in [-0.3, -0.25) is 0 Å². The van der Waals surface area contributed by atoms with Crippen LogP contribution in [0.25, 0.3) is 0 Å². The van der Waals surface area contributed by atoms with E-state index in [0.29, 0.717) is 5.88 Å². The molecule has 9 heteroatoms. The lowest BCUT2D eigenvalue weighted by Gasteiger charge is -1.95. The van der Waals surface area contributed by atoms with Gasteiger partial charge in [0.1, 0.15) is 10.3 Å². The molecule has 96 valence electrons. The van der Waals surface area contributed by atoms with Crippen molar-refractivity contribution >= 4 is 35.1 Å². The third kappa shape index (κ3) is 4.98. The zero-order chi connectivity index (χ0) is 13.5. The Kier molecular flexibility index (Phi) is 5.34. The Morgan fingerprint density at radius 3 is 2.06 bits per heavy atom. The van der Waals surface area contributed by atoms with E-state index < -0.39 is 0 Å². The number of hydrogen-bond acceptors (Lipinski definition) is 7. The van der Waals surface area contributed by atoms with E-state index in [-0.39, 0.29) is 22.2 Å². The van der Waals surface area contributed by atoms with Crippen molar-refractivity contribution in [2.24, 2.45) is 0 Å². The minimum atomic E-state index is 0.0903. The maximum Gasteiger partial charge on any atom is 0.223 e. The number of nitrogen functional groups attached to an aromatic ring is 2. The number of hydrogen-bond donors (Lipinski definition) is 2. The zero-order valence-electron chi connectivity index (χ0n) is 9.34. The topological polar surface area (TPSA) is 113 Å². The van der Waals surface area contributed by atoms with Gasteiger partial charge in [-0.1, -0.05) is 23.2 Å². The number of anilines is 2. The predicted molar refractivity (Wildman–Crippen MR) is 69.5 cm³/mol. The van der Waals surface area contributed by atoms with E-state index in [9.17, 15) is 0 Å². The van der Waals surface area contributed by atoms with Crippen molar-refractivity contribution in [3.05, 3.63) is 28.6 Å². The molecule has 0 unspecified atom stereocenters. The first-order valence-corrected chi connectivity index (χ1v) is 5.35. The van der Waals surface area contributed by atoms with Crippen LogP contribution >= 0.6 is 23.2 Å². The smallest absolute Gasteiger partial charge is 0.223 e. The highest BCUT2D eigenvalue weighted by atomic mass is 35.5. The third-order valence-corrected chi connectivity index (χ3v) is 1.93. The fraction of sp³-hybridized carbons (Fsp3) is 0.111. The quantitative estimate of drug-likeness (QED) is 0.763. The molecule has 0 spiro atoms. The molecule has 0 fully saturated rings. The van der Waals surface area contributed by atoms with E-state index in [1.165, 1.54) is 13.2 Å². The molecule has 0 aromatic carbocycles. The molecule has 2 aromatic rings. The molecule has 7 nitrogen and oxygen atoms in total. The van der Waals surface area contributed by atoms with Crippen LogP contribution in [0.3, 0.4) is 0 Å². The fourth-order valence-electron chi connectivity index (χ4n) is 0.877. The van der Waals surface area contributed by atoms with Crippen LogP contribution in [0.2, 0.25) is 10.3 Å². The maximum atomic E-state index is 5.43. The largest absolute Gasteiger partial charge is 0.481 e. The van der Waals surface area contributed by atoms with Gasteiger partial charge in [-0.25, -0.2) is 15.0 Å². The Labute approximate surface area is 113 Å². The second-order valence-electron chi connectivity index (χ2n) is 2.83. The first kappa shape index (κ1) is 14.2. The maximum absolute atomic E-state index is 5.43. The van der Waals surface area contributed by atoms with Gasteiger partial charge in [0.25, 0.3) is 0 Å². The third-order valence-electron chi connectivity index (χ3n) is 1.54. The van der Waals surface area contributed by atoms with E-state index in [2.05, 4.69) is 19.9 Å². The summed E-state index contributed by atoms with van der Waals surface area (Å²) in [5, 5.41) is 0.514. The summed E-state index contributed by atoms with van der Waals surface area (Å²) in [5.41, 5.74) is 10.4. The number of halogens is 2. The summed E-state index contributed by atoms with van der Waals surface area (Å²) in [6.07, 6.45) is 1.54. The summed E-state index contributed by atoms with van der Waals surface area (Å²) in [6.45, 7) is 0. The summed E-state index contributed by atoms with van der Waals surface area (Å²) in [5.74, 6) is 0.810. The fourth-order valence-corrected chi connectivity index (χ4v) is 1.31. The molecule has 2 aromatic heterocycles. The van der Waals surface area contributed by atoms with Gasteiger partial charge in [0, 0.05) is 18.3 Å². The summed E-state index contributed by atoms with van der Waals surface area (Å²) >= 11 is 10.9. The standard InChI is InChI=1S/C5H7N3O.C4H3Cl2N3/c1-9-4-2-3-7-5(6)8-4;5-2-1-3(6)9-4(7)8-2/h2-3H,1H3,(H2,6,7,8);1H,(H2,7,8,9). The van der Waals surface area contributed by atoms with E-state index in [1.807, 2.05) is 0 Å². The molecule has 0 saturated carbocycles. The van der Waals surface area contributed by atoms with Gasteiger partial charge < -0.3 is 16.2 Å². The molecular formula is C9H10Cl2N6O. The van der Waals surface area contributed by atoms with Crippen molar-refractivity contribution in [1.82, 2.24) is 19.9 Å². The van der Waals surface area contributed by atoms with Gasteiger partial charge in [0.05, 0.1) is 7.11 Å². The number of nitrogens with zero attached hydrogens (tertiary/aromatic N) is 4. The van der Waals surface area contributed by atoms with Gasteiger partial charge >= 0.3 is 0 Å². The lowest BCUT2D eigenvalue weighted by molar-refractivity contribution is 0.397. The Hall–Kier alpha value is -1.86. The average molecular weight is 289 g/mol. The van der Waals surface area contributed by atoms with Crippen molar-refractivity contribution in [2.45, 2.75) is 0 Å². The second kappa shape index (κ2) is 6.77. The summed E-state index contributed by atoms with van der Waals surface area (Å²) in [6, 6.07) is 3.05. The highest BCUT2D eigenvalue weighted by Gasteiger charge is 1.94. The molecule has 18 heavy (non-hydrogen) atoms. The summed E-state index contributed by atoms with van der Waals surface area (Å²) < 4.78 is 4.76. The SMILES string of the molecule is COc1ccnc(N)n1.Nc1nc(Cl)cc(Cl)n1. The molecular weight excluding hydrogens is 279 g/mol. The Balaban J connectivity index is 0.000000180. The van der Waals surface area contributed by atoms with Crippen molar-refractivity contribution in [2.75, 3.05) is 18.6 Å². The van der Waals surface area contributed by atoms with Crippen LogP contribution in [0, 0.1) is 0 Å². The van der Waals surface area contributed by atoms with Crippen LogP contribution in [-0.2, 0) is 0 Å². The summed E-state index contributed by atoms with van der Waals surface area (Å²) in [7, 11) is 1.53. The van der Waals surface area contributed by atoms with Crippen molar-refractivity contribution in [3.63, 3.8) is 0 Å². The van der Waals surface area contributed by atoms with Crippen LogP contribution in [0.1, 0.15) is 0 Å². The monoisotopic (exact) mass is 288 g/mol. The van der Waals surface area contributed by atoms with Crippen LogP contribution in [0.15, 0.2) is 18.3 Å². The molecule has 0 saturated heterocycles. The predicted octanol–water partition coefficient (Wildman–Crippen LogP) is 1.43. The second-order valence-corrected chi connectivity index (χ2v) is 3.60. The molecule has 0 aliphatic rings. The minimum Gasteiger partial charge on any atom is -0.481 e. The van der Waals surface area contributed by atoms with E-state index in [1.54, 1.807) is 12.3 Å². The normalized spacial score (nSPS) is 9.28. The van der Waals surface area contributed by atoms with Crippen LogP contribution in [0.4, 0.5) is 11.9 Å². The van der Waals surface area contributed by atoms with E-state index in [0.717, 1.165) is 0 Å². The zero-order valence-corrected chi connectivity index (χ0v) is 10.9. The lowest BCUT2D eigenvalue weighted by Crippen LogP contribution is -1.95. The number of nitrogens with two attached hydrogens (primary N) is 2. The van der Waals surface area contributed by atoms with Gasteiger partial charge in [0.2, 0.25) is 17.8 Å². The van der Waals surface area contributed by atoms with Crippen molar-refractivity contribution < 1.29 is 4.74 Å². The highest BCUT2D eigenvalue weighted by Crippen LogP contribution is 2.11. The first-order chi connectivity index (χ1) is 8.51. The Bertz CT molecular complexity index is 474. The molecule has 2 rings (SSSR count). The van der Waals surface area contributed by atoms with E-state index in [4.69, 9.17) is 39.4 Å². The van der Waals surface area contributed by atoms with Crippen LogP contribution in [0.5, 0.6) is 5.88 Å². The molecule has 0 atom stereocenters. The Morgan fingerprint density at radius 1 is 1.06 bits per heavy atom. The highest BCUT2D eigenvalue weighted by molar-refractivity contribution is 6.33. The Morgan fingerprint density at radius 2 is 1.67 bits per heavy atom. The lowest BCUT2D eigenvalue weighted by atomic mass is 10.6. The minimum absolute atomic E-state index is 0.0903. The van der Waals surface area contributed by atoms with Crippen molar-refractivity contribution in [3.8, 4) is 5.88 Å². The molecule has 4 N–H and O–H groups in total. The number of methoxy groups -OCH3 is 1. The van der Waals surface area contributed by atoms with Gasteiger partial charge in [-0.2, -0.15) is 4.98 Å². The molecule has 0 aliphatic carbocycles. The average Bonchev–Trinajstić information content (AvgIpc) is 2.27. The van der Waals surface area contributed by atoms with Gasteiger partial charge in [-0.05, 0) is 0 Å². The number of aromatic nitrogens is 4. The summed E-state index contributed by atoms with van der Waals surface area (Å²) in [4.78, 5) is 14.6. The molecule has 0 amide bonds. The first-order valence-electron chi connectivity index (χ1n) is 4.59. The van der Waals surface area contributed by atoms with Gasteiger partial charge in [0.15, 0.2) is 0 Å². The molecule has 2 heterocycles. The van der Waals surface area contributed by atoms with E-state index >= 15 is 0 Å². The van der Waals surface area contributed by atoms with Crippen LogP contribution < -0.4 is 16.2 Å². The van der Waals surface area contributed by atoms with Gasteiger partial charge in [-0.15, -0.1) is 0 Å². The number of ether oxygens (including phenoxy) is 1. The molecule has 0 aliphatic heterocycles. The molecule has 0 radical (unpaired) electrons.